The molecule has 136 valence electrons. The number of likely N-dealkylation sites (tertiary alicyclic amines) is 1. The molecule has 3 rings (SSSR count). The van der Waals surface area contributed by atoms with Crippen LogP contribution in [0, 0.1) is 12.8 Å². The molecule has 2 fully saturated rings. The normalized spacial score (nSPS) is 21.3. The van der Waals surface area contributed by atoms with Crippen molar-refractivity contribution < 1.29 is 14.3 Å². The van der Waals surface area contributed by atoms with Gasteiger partial charge in [0.05, 0.1) is 25.7 Å². The fourth-order valence-corrected chi connectivity index (χ4v) is 3.39. The number of amides is 2. The van der Waals surface area contributed by atoms with Crippen LogP contribution in [0.4, 0.5) is 0 Å². The van der Waals surface area contributed by atoms with Gasteiger partial charge in [-0.05, 0) is 25.5 Å². The minimum Gasteiger partial charge on any atom is -0.378 e. The van der Waals surface area contributed by atoms with E-state index in [9.17, 15) is 9.59 Å². The fourth-order valence-electron chi connectivity index (χ4n) is 3.39. The number of rotatable bonds is 5. The average molecular weight is 345 g/mol. The predicted octanol–water partition coefficient (Wildman–Crippen LogP) is 0.792. The molecule has 2 heterocycles. The summed E-state index contributed by atoms with van der Waals surface area (Å²) in [6.07, 6.45) is 0.835. The Labute approximate surface area is 149 Å². The van der Waals surface area contributed by atoms with Crippen molar-refractivity contribution >= 4 is 11.8 Å². The van der Waals surface area contributed by atoms with Crippen LogP contribution in [0.5, 0.6) is 0 Å². The van der Waals surface area contributed by atoms with Gasteiger partial charge in [0.1, 0.15) is 0 Å². The molecule has 1 atom stereocenters. The van der Waals surface area contributed by atoms with E-state index in [0.717, 1.165) is 18.5 Å². The lowest BCUT2D eigenvalue weighted by Gasteiger charge is -2.29. The number of carbonyl (C=O) groups excluding carboxylic acids is 2. The molecular formula is C19H27N3O3. The Morgan fingerprint density at radius 1 is 1.16 bits per heavy atom. The lowest BCUT2D eigenvalue weighted by molar-refractivity contribution is -0.139. The van der Waals surface area contributed by atoms with E-state index in [1.807, 2.05) is 36.1 Å². The van der Waals surface area contributed by atoms with Crippen molar-refractivity contribution in [3.05, 3.63) is 35.4 Å². The number of carbonyl (C=O) groups is 2. The van der Waals surface area contributed by atoms with Gasteiger partial charge >= 0.3 is 0 Å². The van der Waals surface area contributed by atoms with Crippen molar-refractivity contribution in [2.24, 2.45) is 5.92 Å². The number of nitrogens with one attached hydrogen (secondary N) is 1. The van der Waals surface area contributed by atoms with Crippen LogP contribution in [-0.4, -0.2) is 67.6 Å². The number of benzene rings is 1. The Hall–Kier alpha value is -1.92. The van der Waals surface area contributed by atoms with Gasteiger partial charge in [0.2, 0.25) is 11.8 Å². The Morgan fingerprint density at radius 2 is 1.88 bits per heavy atom. The largest absolute Gasteiger partial charge is 0.378 e. The van der Waals surface area contributed by atoms with Crippen LogP contribution in [0.25, 0.3) is 0 Å². The molecule has 0 saturated carbocycles. The van der Waals surface area contributed by atoms with E-state index in [2.05, 4.69) is 10.2 Å². The number of nitrogens with zero attached hydrogens (tertiary/aromatic N) is 2. The molecule has 1 unspecified atom stereocenters. The van der Waals surface area contributed by atoms with Crippen molar-refractivity contribution in [1.29, 1.82) is 0 Å². The molecule has 2 aliphatic rings. The molecule has 1 N–H and O–H groups in total. The molecule has 0 bridgehead atoms. The van der Waals surface area contributed by atoms with E-state index in [1.165, 1.54) is 5.56 Å². The maximum atomic E-state index is 12.5. The Bertz CT molecular complexity index is 596. The van der Waals surface area contributed by atoms with Gasteiger partial charge in [-0.1, -0.05) is 29.8 Å². The minimum atomic E-state index is 0.0139. The summed E-state index contributed by atoms with van der Waals surface area (Å²) in [5.74, 6) is 0.244. The lowest BCUT2D eigenvalue weighted by atomic mass is 10.1. The third kappa shape index (κ3) is 5.03. The molecule has 1 aromatic carbocycles. The first-order valence-corrected chi connectivity index (χ1v) is 9.03. The monoisotopic (exact) mass is 345 g/mol. The van der Waals surface area contributed by atoms with E-state index in [1.54, 1.807) is 0 Å². The number of ether oxygens (including phenoxy) is 1. The van der Waals surface area contributed by atoms with Gasteiger partial charge in [-0.25, -0.2) is 0 Å². The maximum Gasteiger partial charge on any atom is 0.234 e. The smallest absolute Gasteiger partial charge is 0.234 e. The first kappa shape index (κ1) is 17.9. The zero-order valence-corrected chi connectivity index (χ0v) is 14.9. The Morgan fingerprint density at radius 3 is 2.60 bits per heavy atom. The fraction of sp³-hybridized carbons (Fsp3) is 0.579. The quantitative estimate of drug-likeness (QED) is 0.857. The molecule has 6 nitrogen and oxygen atoms in total. The van der Waals surface area contributed by atoms with Gasteiger partial charge in [-0.2, -0.15) is 0 Å². The highest BCUT2D eigenvalue weighted by atomic mass is 16.5. The van der Waals surface area contributed by atoms with Crippen molar-refractivity contribution in [2.45, 2.75) is 19.9 Å². The Kier molecular flexibility index (Phi) is 6.04. The van der Waals surface area contributed by atoms with E-state index in [-0.39, 0.29) is 17.7 Å². The van der Waals surface area contributed by atoms with E-state index in [4.69, 9.17) is 4.74 Å². The lowest BCUT2D eigenvalue weighted by Crippen LogP contribution is -2.44. The number of aryl methyl sites for hydroxylation is 1. The zero-order chi connectivity index (χ0) is 17.6. The van der Waals surface area contributed by atoms with E-state index >= 15 is 0 Å². The molecule has 0 aromatic heterocycles. The summed E-state index contributed by atoms with van der Waals surface area (Å²) in [6.45, 7) is 7.06. The SMILES string of the molecule is Cc1ccc(CNC(=O)CN2CCC(C(=O)N3CCOCC3)C2)cc1. The molecule has 0 spiro atoms. The van der Waals surface area contributed by atoms with Crippen molar-refractivity contribution in [3.63, 3.8) is 0 Å². The molecule has 6 heteroatoms. The van der Waals surface area contributed by atoms with Crippen LogP contribution >= 0.6 is 0 Å². The average Bonchev–Trinajstić information content (AvgIpc) is 3.10. The molecule has 25 heavy (non-hydrogen) atoms. The van der Waals surface area contributed by atoms with Crippen LogP contribution in [0.15, 0.2) is 24.3 Å². The predicted molar refractivity (Wildman–Crippen MR) is 95.0 cm³/mol. The molecule has 2 saturated heterocycles. The highest BCUT2D eigenvalue weighted by Crippen LogP contribution is 2.19. The summed E-state index contributed by atoms with van der Waals surface area (Å²) >= 11 is 0. The number of hydrogen-bond donors (Lipinski definition) is 1. The maximum absolute atomic E-state index is 12.5. The van der Waals surface area contributed by atoms with Crippen molar-refractivity contribution in [1.82, 2.24) is 15.1 Å². The highest BCUT2D eigenvalue weighted by Gasteiger charge is 2.32. The van der Waals surface area contributed by atoms with Gasteiger partial charge in [-0.3, -0.25) is 14.5 Å². The third-order valence-electron chi connectivity index (χ3n) is 4.92. The minimum absolute atomic E-state index is 0.0139. The summed E-state index contributed by atoms with van der Waals surface area (Å²) in [4.78, 5) is 28.6. The van der Waals surface area contributed by atoms with Crippen LogP contribution in [0.1, 0.15) is 17.5 Å². The van der Waals surface area contributed by atoms with Gasteiger partial charge < -0.3 is 15.0 Å². The molecule has 0 radical (unpaired) electrons. The first-order chi connectivity index (χ1) is 12.1. The van der Waals surface area contributed by atoms with E-state index in [0.29, 0.717) is 45.9 Å². The standard InChI is InChI=1S/C19H27N3O3/c1-15-2-4-16(5-3-15)12-20-18(23)14-21-7-6-17(13-21)19(24)22-8-10-25-11-9-22/h2-5,17H,6-14H2,1H3,(H,20,23). The summed E-state index contributed by atoms with van der Waals surface area (Å²) < 4.78 is 5.30. The van der Waals surface area contributed by atoms with E-state index < -0.39 is 0 Å². The van der Waals surface area contributed by atoms with Crippen LogP contribution in [-0.2, 0) is 20.9 Å². The van der Waals surface area contributed by atoms with Crippen molar-refractivity contribution in [2.75, 3.05) is 45.9 Å². The molecular weight excluding hydrogens is 318 g/mol. The van der Waals surface area contributed by atoms with Gasteiger partial charge in [0.15, 0.2) is 0 Å². The second-order valence-electron chi connectivity index (χ2n) is 6.92. The second-order valence-corrected chi connectivity index (χ2v) is 6.92. The summed E-state index contributed by atoms with van der Waals surface area (Å²) in [5.41, 5.74) is 2.31. The summed E-state index contributed by atoms with van der Waals surface area (Å²) in [7, 11) is 0. The summed E-state index contributed by atoms with van der Waals surface area (Å²) in [5, 5.41) is 2.96. The molecule has 1 aromatic rings. The Balaban J connectivity index is 1.40. The third-order valence-corrected chi connectivity index (χ3v) is 4.92. The van der Waals surface area contributed by atoms with Crippen LogP contribution in [0.3, 0.4) is 0 Å². The number of morpholine rings is 1. The molecule has 0 aliphatic carbocycles. The first-order valence-electron chi connectivity index (χ1n) is 9.03. The second kappa shape index (κ2) is 8.45. The van der Waals surface area contributed by atoms with Gasteiger partial charge in [-0.15, -0.1) is 0 Å². The zero-order valence-electron chi connectivity index (χ0n) is 14.9. The molecule has 2 amide bonds. The van der Waals surface area contributed by atoms with Gasteiger partial charge in [0.25, 0.3) is 0 Å². The topological polar surface area (TPSA) is 61.9 Å². The molecule has 2 aliphatic heterocycles. The summed E-state index contributed by atoms with van der Waals surface area (Å²) in [6, 6.07) is 8.15. The van der Waals surface area contributed by atoms with Crippen LogP contribution in [0.2, 0.25) is 0 Å². The number of hydrogen-bond acceptors (Lipinski definition) is 4. The van der Waals surface area contributed by atoms with Crippen molar-refractivity contribution in [3.8, 4) is 0 Å². The highest BCUT2D eigenvalue weighted by molar-refractivity contribution is 5.80. The van der Waals surface area contributed by atoms with Gasteiger partial charge in [0, 0.05) is 26.2 Å². The van der Waals surface area contributed by atoms with Crippen LogP contribution < -0.4 is 5.32 Å².